The summed E-state index contributed by atoms with van der Waals surface area (Å²) in [6.07, 6.45) is 9.04. The van der Waals surface area contributed by atoms with Crippen LogP contribution in [-0.2, 0) is 13.6 Å². The van der Waals surface area contributed by atoms with Crippen LogP contribution in [0.5, 0.6) is 0 Å². The lowest BCUT2D eigenvalue weighted by atomic mass is 9.98. The largest absolute Gasteiger partial charge is 0.331 e. The van der Waals surface area contributed by atoms with Gasteiger partial charge in [-0.2, -0.15) is 10.2 Å². The third kappa shape index (κ3) is 3.35. The molecule has 0 spiro atoms. The van der Waals surface area contributed by atoms with Gasteiger partial charge in [0.1, 0.15) is 5.56 Å². The fraction of sp³-hybridized carbons (Fsp3) is 0.320. The second-order valence-electron chi connectivity index (χ2n) is 9.33. The zero-order valence-corrected chi connectivity index (χ0v) is 19.3. The van der Waals surface area contributed by atoms with Gasteiger partial charge in [0.05, 0.1) is 23.8 Å². The van der Waals surface area contributed by atoms with E-state index < -0.39 is 0 Å². The summed E-state index contributed by atoms with van der Waals surface area (Å²) in [5.41, 5.74) is 5.91. The summed E-state index contributed by atoms with van der Waals surface area (Å²) in [5.74, 6) is 0.459. The van der Waals surface area contributed by atoms with Crippen LogP contribution in [0.3, 0.4) is 0 Å². The van der Waals surface area contributed by atoms with E-state index in [1.54, 1.807) is 34.8 Å². The number of rotatable bonds is 5. The average molecular weight is 456 g/mol. The number of benzene rings is 1. The fourth-order valence-electron chi connectivity index (χ4n) is 4.87. The van der Waals surface area contributed by atoms with E-state index in [9.17, 15) is 9.59 Å². The minimum atomic E-state index is -0.298. The lowest BCUT2D eigenvalue weighted by Crippen LogP contribution is -2.34. The smallest absolute Gasteiger partial charge is 0.261 e. The number of carbonyl (C=O) groups is 2. The minimum absolute atomic E-state index is 0.131. The molecule has 4 aromatic rings. The maximum Gasteiger partial charge on any atom is 0.261 e. The molecule has 9 nitrogen and oxygen atoms in total. The Hall–Kier alpha value is -4.01. The Morgan fingerprint density at radius 3 is 2.76 bits per heavy atom. The van der Waals surface area contributed by atoms with E-state index in [-0.39, 0.29) is 17.9 Å². The Labute approximate surface area is 196 Å². The van der Waals surface area contributed by atoms with Crippen LogP contribution in [0, 0.1) is 12.8 Å². The monoisotopic (exact) mass is 455 g/mol. The summed E-state index contributed by atoms with van der Waals surface area (Å²) in [6, 6.07) is 6.22. The Morgan fingerprint density at radius 2 is 2.03 bits per heavy atom. The van der Waals surface area contributed by atoms with Crippen molar-refractivity contribution in [1.82, 2.24) is 29.3 Å². The number of hydrogen-bond acceptors (Lipinski definition) is 5. The number of aryl methyl sites for hydroxylation is 2. The molecule has 0 radical (unpaired) electrons. The Balaban J connectivity index is 1.34. The maximum absolute atomic E-state index is 13.1. The van der Waals surface area contributed by atoms with Crippen LogP contribution in [0.2, 0.25) is 0 Å². The highest BCUT2D eigenvalue weighted by atomic mass is 16.2. The standard InChI is InChI=1S/C25H25N7O2/c1-14-8-17(9-18-12-31(25(34)22(14)18)15(2)16-4-5-16)21-6-7-32-23(29-21)20(11-27-32)24(33)28-19-10-26-30(3)13-19/h6-11,13,15-16H,4-5,12H2,1-3H3,(H,28,33)/t15-/m0/s1. The molecule has 3 aromatic heterocycles. The van der Waals surface area contributed by atoms with Crippen LogP contribution >= 0.6 is 0 Å². The first-order valence-corrected chi connectivity index (χ1v) is 11.5. The van der Waals surface area contributed by atoms with Crippen LogP contribution in [0.15, 0.2) is 43.0 Å². The molecule has 6 rings (SSSR count). The molecule has 4 heterocycles. The summed E-state index contributed by atoms with van der Waals surface area (Å²) in [4.78, 5) is 32.7. The molecular formula is C25H25N7O2. The van der Waals surface area contributed by atoms with Crippen molar-refractivity contribution in [3.63, 3.8) is 0 Å². The van der Waals surface area contributed by atoms with Gasteiger partial charge in [-0.15, -0.1) is 0 Å². The first-order valence-electron chi connectivity index (χ1n) is 11.5. The minimum Gasteiger partial charge on any atom is -0.331 e. The number of fused-ring (bicyclic) bond motifs is 2. The summed E-state index contributed by atoms with van der Waals surface area (Å²) >= 11 is 0. The quantitative estimate of drug-likeness (QED) is 0.497. The van der Waals surface area contributed by atoms with Gasteiger partial charge in [0.15, 0.2) is 5.65 Å². The van der Waals surface area contributed by atoms with Gasteiger partial charge in [-0.1, -0.05) is 0 Å². The zero-order valence-electron chi connectivity index (χ0n) is 19.3. The molecule has 0 saturated heterocycles. The van der Waals surface area contributed by atoms with Crippen molar-refractivity contribution in [3.05, 3.63) is 65.2 Å². The highest BCUT2D eigenvalue weighted by molar-refractivity contribution is 6.08. The molecule has 0 unspecified atom stereocenters. The summed E-state index contributed by atoms with van der Waals surface area (Å²) in [6.45, 7) is 4.77. The fourth-order valence-corrected chi connectivity index (χ4v) is 4.87. The van der Waals surface area contributed by atoms with Crippen molar-refractivity contribution < 1.29 is 9.59 Å². The number of nitrogens with one attached hydrogen (secondary N) is 1. The average Bonchev–Trinajstić information content (AvgIpc) is 3.31. The van der Waals surface area contributed by atoms with E-state index in [0.717, 1.165) is 27.9 Å². The van der Waals surface area contributed by atoms with E-state index in [4.69, 9.17) is 4.98 Å². The Bertz CT molecular complexity index is 1460. The third-order valence-electron chi connectivity index (χ3n) is 6.90. The highest BCUT2D eigenvalue weighted by Crippen LogP contribution is 2.39. The number of nitrogens with zero attached hydrogens (tertiary/aromatic N) is 6. The van der Waals surface area contributed by atoms with Crippen molar-refractivity contribution in [1.29, 1.82) is 0 Å². The first kappa shape index (κ1) is 20.6. The van der Waals surface area contributed by atoms with Gasteiger partial charge >= 0.3 is 0 Å². The van der Waals surface area contributed by atoms with Crippen LogP contribution in [-0.4, -0.2) is 47.1 Å². The van der Waals surface area contributed by atoms with Crippen LogP contribution < -0.4 is 5.32 Å². The number of aromatic nitrogens is 5. The highest BCUT2D eigenvalue weighted by Gasteiger charge is 2.39. The van der Waals surface area contributed by atoms with E-state index in [1.165, 1.54) is 19.0 Å². The van der Waals surface area contributed by atoms with E-state index >= 15 is 0 Å². The predicted molar refractivity (Wildman–Crippen MR) is 126 cm³/mol. The van der Waals surface area contributed by atoms with E-state index in [1.807, 2.05) is 24.0 Å². The van der Waals surface area contributed by atoms with Crippen molar-refractivity contribution in [2.75, 3.05) is 5.32 Å². The van der Waals surface area contributed by atoms with Crippen LogP contribution in [0.25, 0.3) is 16.9 Å². The van der Waals surface area contributed by atoms with Gasteiger partial charge < -0.3 is 10.2 Å². The molecule has 1 N–H and O–H groups in total. The molecular weight excluding hydrogens is 430 g/mol. The molecule has 1 aromatic carbocycles. The van der Waals surface area contributed by atoms with Gasteiger partial charge in [0.2, 0.25) is 0 Å². The second kappa shape index (κ2) is 7.51. The molecule has 9 heteroatoms. The lowest BCUT2D eigenvalue weighted by molar-refractivity contribution is 0.0697. The molecule has 2 amide bonds. The molecule has 172 valence electrons. The van der Waals surface area contributed by atoms with Gasteiger partial charge in [0, 0.05) is 43.2 Å². The molecule has 1 aliphatic carbocycles. The molecule has 34 heavy (non-hydrogen) atoms. The van der Waals surface area contributed by atoms with Gasteiger partial charge in [-0.3, -0.25) is 14.3 Å². The number of carbonyl (C=O) groups excluding carboxylic acids is 2. The van der Waals surface area contributed by atoms with Crippen molar-refractivity contribution >= 4 is 23.1 Å². The van der Waals surface area contributed by atoms with Crippen LogP contribution in [0.1, 0.15) is 51.6 Å². The predicted octanol–water partition coefficient (Wildman–Crippen LogP) is 3.44. The summed E-state index contributed by atoms with van der Waals surface area (Å²) in [7, 11) is 1.79. The topological polar surface area (TPSA) is 97.4 Å². The van der Waals surface area contributed by atoms with Crippen molar-refractivity contribution in [2.24, 2.45) is 13.0 Å². The van der Waals surface area contributed by atoms with E-state index in [0.29, 0.717) is 29.4 Å². The molecule has 1 atom stereocenters. The molecule has 1 saturated carbocycles. The maximum atomic E-state index is 13.1. The van der Waals surface area contributed by atoms with Crippen molar-refractivity contribution in [3.8, 4) is 11.3 Å². The normalized spacial score (nSPS) is 16.2. The Morgan fingerprint density at radius 1 is 1.21 bits per heavy atom. The second-order valence-corrected chi connectivity index (χ2v) is 9.33. The third-order valence-corrected chi connectivity index (χ3v) is 6.90. The first-order chi connectivity index (χ1) is 16.4. The number of anilines is 1. The van der Waals surface area contributed by atoms with Crippen molar-refractivity contribution in [2.45, 2.75) is 39.3 Å². The number of hydrogen-bond donors (Lipinski definition) is 1. The molecule has 1 fully saturated rings. The number of amides is 2. The molecule has 1 aliphatic heterocycles. The molecule has 2 aliphatic rings. The van der Waals surface area contributed by atoms with Gasteiger partial charge in [-0.05, 0) is 61.9 Å². The van der Waals surface area contributed by atoms with Gasteiger partial charge in [-0.25, -0.2) is 9.50 Å². The van der Waals surface area contributed by atoms with Crippen LogP contribution in [0.4, 0.5) is 5.69 Å². The summed E-state index contributed by atoms with van der Waals surface area (Å²) < 4.78 is 3.21. The lowest BCUT2D eigenvalue weighted by Gasteiger charge is -2.24. The zero-order chi connectivity index (χ0) is 23.6. The van der Waals surface area contributed by atoms with E-state index in [2.05, 4.69) is 28.5 Å². The SMILES string of the molecule is Cc1cc(-c2ccn3ncc(C(=O)Nc4cnn(C)c4)c3n2)cc2c1C(=O)N([C@@H](C)C1CC1)C2. The Kier molecular flexibility index (Phi) is 4.55. The summed E-state index contributed by atoms with van der Waals surface area (Å²) in [5, 5.41) is 11.2. The van der Waals surface area contributed by atoms with Gasteiger partial charge in [0.25, 0.3) is 11.8 Å². The molecule has 0 bridgehead atoms.